The van der Waals surface area contributed by atoms with Crippen LogP contribution in [0.4, 0.5) is 0 Å². The Morgan fingerprint density at radius 2 is 1.97 bits per heavy atom. The SMILES string of the molecule is CN=C(NCc1cccc(Cn2ccnc2C)c1)N1CCN(C(=O)C2CCCO2)CC1.I. The van der Waals surface area contributed by atoms with Gasteiger partial charge in [0.25, 0.3) is 5.91 Å². The molecule has 1 atom stereocenters. The lowest BCUT2D eigenvalue weighted by molar-refractivity contribution is -0.142. The first-order valence-corrected chi connectivity index (χ1v) is 11.1. The van der Waals surface area contributed by atoms with Crippen LogP contribution in [0.3, 0.4) is 0 Å². The number of nitrogens with one attached hydrogen (secondary N) is 1. The monoisotopic (exact) mass is 552 g/mol. The van der Waals surface area contributed by atoms with Crippen LogP contribution >= 0.6 is 24.0 Å². The number of ether oxygens (including phenoxy) is 1. The maximum Gasteiger partial charge on any atom is 0.251 e. The first-order chi connectivity index (χ1) is 15.1. The number of hydrogen-bond donors (Lipinski definition) is 1. The highest BCUT2D eigenvalue weighted by molar-refractivity contribution is 14.0. The number of halogens is 1. The number of nitrogens with zero attached hydrogens (tertiary/aromatic N) is 5. The van der Waals surface area contributed by atoms with Gasteiger partial charge in [0.15, 0.2) is 5.96 Å². The second kappa shape index (κ2) is 11.6. The molecule has 1 unspecified atom stereocenters. The average molecular weight is 552 g/mol. The van der Waals surface area contributed by atoms with Crippen molar-refractivity contribution in [1.82, 2.24) is 24.7 Å². The number of carbonyl (C=O) groups excluding carboxylic acids is 1. The van der Waals surface area contributed by atoms with Crippen LogP contribution in [0.1, 0.15) is 29.8 Å². The zero-order chi connectivity index (χ0) is 21.6. The summed E-state index contributed by atoms with van der Waals surface area (Å²) in [5.74, 6) is 2.03. The van der Waals surface area contributed by atoms with Crippen molar-refractivity contribution in [2.75, 3.05) is 39.8 Å². The van der Waals surface area contributed by atoms with Gasteiger partial charge in [0.05, 0.1) is 0 Å². The molecule has 2 aliphatic heterocycles. The van der Waals surface area contributed by atoms with E-state index in [2.05, 4.69) is 49.0 Å². The van der Waals surface area contributed by atoms with Gasteiger partial charge in [-0.2, -0.15) is 0 Å². The molecule has 9 heteroatoms. The Kier molecular flexibility index (Phi) is 8.92. The number of aliphatic imine (C=N–C) groups is 1. The first-order valence-electron chi connectivity index (χ1n) is 11.1. The van der Waals surface area contributed by atoms with E-state index in [0.717, 1.165) is 44.3 Å². The molecule has 0 spiro atoms. The number of amides is 1. The molecule has 2 fully saturated rings. The second-order valence-electron chi connectivity index (χ2n) is 8.14. The van der Waals surface area contributed by atoms with Gasteiger partial charge in [0.2, 0.25) is 0 Å². The molecule has 174 valence electrons. The minimum absolute atomic E-state index is 0. The molecule has 8 nitrogen and oxygen atoms in total. The predicted molar refractivity (Wildman–Crippen MR) is 135 cm³/mol. The van der Waals surface area contributed by atoms with Gasteiger partial charge >= 0.3 is 0 Å². The Hall–Kier alpha value is -2.14. The van der Waals surface area contributed by atoms with E-state index in [1.807, 2.05) is 31.3 Å². The topological polar surface area (TPSA) is 75.0 Å². The molecule has 0 aliphatic carbocycles. The van der Waals surface area contributed by atoms with Crippen molar-refractivity contribution >= 4 is 35.8 Å². The van der Waals surface area contributed by atoms with Crippen molar-refractivity contribution in [2.24, 2.45) is 4.99 Å². The zero-order valence-electron chi connectivity index (χ0n) is 18.9. The normalized spacial score (nSPS) is 19.1. The lowest BCUT2D eigenvalue weighted by Crippen LogP contribution is -2.55. The van der Waals surface area contributed by atoms with Crippen molar-refractivity contribution < 1.29 is 9.53 Å². The molecular formula is C23H33IN6O2. The second-order valence-corrected chi connectivity index (χ2v) is 8.14. The summed E-state index contributed by atoms with van der Waals surface area (Å²) in [7, 11) is 1.81. The van der Waals surface area contributed by atoms with Gasteiger partial charge < -0.3 is 24.4 Å². The van der Waals surface area contributed by atoms with Crippen LogP contribution in [0.5, 0.6) is 0 Å². The Labute approximate surface area is 207 Å². The fraction of sp³-hybridized carbons (Fsp3) is 0.522. The maximum absolute atomic E-state index is 12.6. The molecule has 2 aromatic rings. The third kappa shape index (κ3) is 6.00. The van der Waals surface area contributed by atoms with Crippen LogP contribution in [0.15, 0.2) is 41.7 Å². The van der Waals surface area contributed by atoms with E-state index in [4.69, 9.17) is 4.74 Å². The standard InChI is InChI=1S/C23H32N6O2.HI/c1-18-25-8-9-29(18)17-20-6-3-5-19(15-20)16-26-23(24-2)28-12-10-27(11-13-28)22(30)21-7-4-14-31-21;/h3,5-6,8-9,15,21H,4,7,10-14,16-17H2,1-2H3,(H,24,26);1H. The highest BCUT2D eigenvalue weighted by atomic mass is 127. The van der Waals surface area contributed by atoms with E-state index in [1.54, 1.807) is 0 Å². The number of aromatic nitrogens is 2. The van der Waals surface area contributed by atoms with Crippen molar-refractivity contribution in [3.05, 3.63) is 53.6 Å². The summed E-state index contributed by atoms with van der Waals surface area (Å²) in [4.78, 5) is 25.5. The molecule has 2 aliphatic rings. The third-order valence-electron chi connectivity index (χ3n) is 6.03. The number of piperazine rings is 1. The molecule has 1 aromatic carbocycles. The molecule has 32 heavy (non-hydrogen) atoms. The number of hydrogen-bond acceptors (Lipinski definition) is 4. The van der Waals surface area contributed by atoms with Crippen molar-refractivity contribution in [2.45, 2.75) is 39.0 Å². The summed E-state index contributed by atoms with van der Waals surface area (Å²) in [5.41, 5.74) is 2.46. The van der Waals surface area contributed by atoms with E-state index in [0.29, 0.717) is 26.2 Å². The van der Waals surface area contributed by atoms with Gasteiger partial charge in [-0.15, -0.1) is 24.0 Å². The minimum Gasteiger partial charge on any atom is -0.368 e. The van der Waals surface area contributed by atoms with E-state index in [9.17, 15) is 4.79 Å². The first kappa shape index (κ1) is 24.5. The van der Waals surface area contributed by atoms with Crippen LogP contribution in [0.25, 0.3) is 0 Å². The van der Waals surface area contributed by atoms with Crippen molar-refractivity contribution in [1.29, 1.82) is 0 Å². The molecule has 1 amide bonds. The molecule has 0 radical (unpaired) electrons. The van der Waals surface area contributed by atoms with E-state index in [-0.39, 0.29) is 36.0 Å². The smallest absolute Gasteiger partial charge is 0.251 e. The average Bonchev–Trinajstić information content (AvgIpc) is 3.47. The highest BCUT2D eigenvalue weighted by Gasteiger charge is 2.30. The van der Waals surface area contributed by atoms with Gasteiger partial charge in [-0.25, -0.2) is 4.98 Å². The zero-order valence-corrected chi connectivity index (χ0v) is 21.2. The fourth-order valence-electron chi connectivity index (χ4n) is 4.23. The number of aryl methyl sites for hydroxylation is 1. The quantitative estimate of drug-likeness (QED) is 0.350. The lowest BCUT2D eigenvalue weighted by Gasteiger charge is -2.37. The van der Waals surface area contributed by atoms with Gasteiger partial charge in [0.1, 0.15) is 11.9 Å². The number of guanidine groups is 1. The Morgan fingerprint density at radius 3 is 2.62 bits per heavy atom. The van der Waals surface area contributed by atoms with Crippen molar-refractivity contribution in [3.63, 3.8) is 0 Å². The molecule has 2 saturated heterocycles. The lowest BCUT2D eigenvalue weighted by atomic mass is 10.1. The van der Waals surface area contributed by atoms with E-state index in [1.165, 1.54) is 11.1 Å². The number of carbonyl (C=O) groups is 1. The summed E-state index contributed by atoms with van der Waals surface area (Å²) in [5, 5.41) is 3.48. The Morgan fingerprint density at radius 1 is 1.22 bits per heavy atom. The Balaban J connectivity index is 0.00000289. The van der Waals surface area contributed by atoms with E-state index >= 15 is 0 Å². The van der Waals surface area contributed by atoms with Crippen LogP contribution < -0.4 is 5.32 Å². The van der Waals surface area contributed by atoms with Crippen LogP contribution in [-0.4, -0.2) is 77.2 Å². The van der Waals surface area contributed by atoms with Gasteiger partial charge in [-0.3, -0.25) is 9.79 Å². The van der Waals surface area contributed by atoms with Crippen LogP contribution in [0, 0.1) is 6.92 Å². The van der Waals surface area contributed by atoms with Crippen LogP contribution in [0.2, 0.25) is 0 Å². The maximum atomic E-state index is 12.6. The summed E-state index contributed by atoms with van der Waals surface area (Å²) in [6.07, 6.45) is 5.43. The third-order valence-corrected chi connectivity index (χ3v) is 6.03. The number of imidazole rings is 1. The van der Waals surface area contributed by atoms with E-state index < -0.39 is 0 Å². The fourth-order valence-corrected chi connectivity index (χ4v) is 4.23. The Bertz CT molecular complexity index is 917. The summed E-state index contributed by atoms with van der Waals surface area (Å²) in [6, 6.07) is 8.58. The predicted octanol–water partition coefficient (Wildman–Crippen LogP) is 2.26. The molecule has 0 saturated carbocycles. The molecular weight excluding hydrogens is 519 g/mol. The summed E-state index contributed by atoms with van der Waals surface area (Å²) >= 11 is 0. The molecule has 1 N–H and O–H groups in total. The van der Waals surface area contributed by atoms with Gasteiger partial charge in [-0.05, 0) is 30.9 Å². The van der Waals surface area contributed by atoms with Crippen LogP contribution in [-0.2, 0) is 22.6 Å². The highest BCUT2D eigenvalue weighted by Crippen LogP contribution is 2.16. The van der Waals surface area contributed by atoms with Crippen molar-refractivity contribution in [3.8, 4) is 0 Å². The molecule has 4 rings (SSSR count). The molecule has 0 bridgehead atoms. The minimum atomic E-state index is -0.234. The summed E-state index contributed by atoms with van der Waals surface area (Å²) < 4.78 is 7.70. The number of rotatable bonds is 5. The largest absolute Gasteiger partial charge is 0.368 e. The summed E-state index contributed by atoms with van der Waals surface area (Å²) in [6.45, 7) is 7.21. The van der Waals surface area contributed by atoms with Gasteiger partial charge in [0, 0.05) is 65.3 Å². The molecule has 3 heterocycles. The molecule has 1 aromatic heterocycles. The van der Waals surface area contributed by atoms with Gasteiger partial charge in [-0.1, -0.05) is 24.3 Å². The number of benzene rings is 1.